The first kappa shape index (κ1) is 10.4. The normalized spacial score (nSPS) is 25.5. The Morgan fingerprint density at radius 3 is 2.67 bits per heavy atom. The number of hydrogen-bond donors (Lipinski definition) is 1. The lowest BCUT2D eigenvalue weighted by molar-refractivity contribution is 0.409. The molecule has 2 rings (SSSR count). The minimum absolute atomic E-state index is 0.383. The van der Waals surface area contributed by atoms with Gasteiger partial charge in [0, 0.05) is 12.5 Å². The van der Waals surface area contributed by atoms with Gasteiger partial charge in [0.15, 0.2) is 5.75 Å². The first-order chi connectivity index (χ1) is 7.28. The van der Waals surface area contributed by atoms with Crippen molar-refractivity contribution in [3.63, 3.8) is 0 Å². The minimum Gasteiger partial charge on any atom is -0.494 e. The Hall–Kier alpha value is -1.16. The van der Waals surface area contributed by atoms with Gasteiger partial charge in [-0.05, 0) is 25.2 Å². The Kier molecular flexibility index (Phi) is 3.16. The molecule has 15 heavy (non-hydrogen) atoms. The molecule has 1 aromatic heterocycles. The molecule has 1 fully saturated rings. The minimum atomic E-state index is 0.383. The fourth-order valence-corrected chi connectivity index (χ4v) is 2.11. The van der Waals surface area contributed by atoms with E-state index in [0.717, 1.165) is 25.1 Å². The Bertz CT molecular complexity index is 312. The standard InChI is InChI=1S/C11H17N3O/c1-15-10-6-13-11(14-7-10)5-8-2-3-9(12)4-8/h6-9H,2-5,12H2,1H3/t8-,9-/m0/s1. The molecule has 82 valence electrons. The molecule has 0 radical (unpaired) electrons. The van der Waals surface area contributed by atoms with Gasteiger partial charge in [-0.3, -0.25) is 0 Å². The maximum absolute atomic E-state index is 5.86. The molecule has 1 heterocycles. The maximum atomic E-state index is 5.86. The summed E-state index contributed by atoms with van der Waals surface area (Å²) in [6.45, 7) is 0. The van der Waals surface area contributed by atoms with E-state index in [9.17, 15) is 0 Å². The molecule has 1 aliphatic rings. The van der Waals surface area contributed by atoms with Crippen molar-refractivity contribution in [1.82, 2.24) is 9.97 Å². The molecule has 0 bridgehead atoms. The van der Waals surface area contributed by atoms with Crippen molar-refractivity contribution < 1.29 is 4.74 Å². The van der Waals surface area contributed by atoms with Crippen LogP contribution in [0.2, 0.25) is 0 Å². The van der Waals surface area contributed by atoms with Crippen LogP contribution in [0.4, 0.5) is 0 Å². The number of aromatic nitrogens is 2. The second-order valence-corrected chi connectivity index (χ2v) is 4.18. The van der Waals surface area contributed by atoms with Gasteiger partial charge in [-0.15, -0.1) is 0 Å². The molecule has 0 aromatic carbocycles. The van der Waals surface area contributed by atoms with Crippen molar-refractivity contribution in [3.05, 3.63) is 18.2 Å². The summed E-state index contributed by atoms with van der Waals surface area (Å²) in [6, 6.07) is 0.383. The van der Waals surface area contributed by atoms with Crippen LogP contribution in [0.25, 0.3) is 0 Å². The molecule has 0 amide bonds. The Morgan fingerprint density at radius 2 is 2.13 bits per heavy atom. The molecule has 4 heteroatoms. The summed E-state index contributed by atoms with van der Waals surface area (Å²) in [5, 5.41) is 0. The molecule has 0 spiro atoms. The van der Waals surface area contributed by atoms with Crippen LogP contribution in [-0.4, -0.2) is 23.1 Å². The van der Waals surface area contributed by atoms with Gasteiger partial charge in [-0.1, -0.05) is 0 Å². The van der Waals surface area contributed by atoms with E-state index in [0.29, 0.717) is 17.7 Å². The summed E-state index contributed by atoms with van der Waals surface area (Å²) in [4.78, 5) is 8.52. The summed E-state index contributed by atoms with van der Waals surface area (Å²) in [6.07, 6.45) is 7.83. The lowest BCUT2D eigenvalue weighted by Gasteiger charge is -2.07. The van der Waals surface area contributed by atoms with Crippen LogP contribution in [0.3, 0.4) is 0 Å². The third-order valence-corrected chi connectivity index (χ3v) is 2.97. The molecular weight excluding hydrogens is 190 g/mol. The first-order valence-corrected chi connectivity index (χ1v) is 5.38. The van der Waals surface area contributed by atoms with Crippen LogP contribution in [0.15, 0.2) is 12.4 Å². The number of ether oxygens (including phenoxy) is 1. The van der Waals surface area contributed by atoms with Gasteiger partial charge in [-0.2, -0.15) is 0 Å². The molecule has 0 unspecified atom stereocenters. The fourth-order valence-electron chi connectivity index (χ4n) is 2.11. The van der Waals surface area contributed by atoms with Crippen LogP contribution < -0.4 is 10.5 Å². The maximum Gasteiger partial charge on any atom is 0.155 e. The predicted molar refractivity (Wildman–Crippen MR) is 57.6 cm³/mol. The highest BCUT2D eigenvalue weighted by Crippen LogP contribution is 2.26. The Balaban J connectivity index is 1.93. The van der Waals surface area contributed by atoms with Gasteiger partial charge in [-0.25, -0.2) is 9.97 Å². The molecule has 1 aliphatic carbocycles. The van der Waals surface area contributed by atoms with Crippen molar-refractivity contribution in [2.45, 2.75) is 31.7 Å². The van der Waals surface area contributed by atoms with Crippen molar-refractivity contribution in [3.8, 4) is 5.75 Å². The van der Waals surface area contributed by atoms with E-state index in [1.807, 2.05) is 0 Å². The largest absolute Gasteiger partial charge is 0.494 e. The highest BCUT2D eigenvalue weighted by Gasteiger charge is 2.22. The van der Waals surface area contributed by atoms with Gasteiger partial charge in [0.1, 0.15) is 5.82 Å². The number of nitrogens with two attached hydrogens (primary N) is 1. The lowest BCUT2D eigenvalue weighted by atomic mass is 10.0. The van der Waals surface area contributed by atoms with E-state index < -0.39 is 0 Å². The molecule has 0 aliphatic heterocycles. The van der Waals surface area contributed by atoms with E-state index >= 15 is 0 Å². The fraction of sp³-hybridized carbons (Fsp3) is 0.636. The SMILES string of the molecule is COc1cnc(C[C@H]2CC[C@H](N)C2)nc1. The molecule has 2 N–H and O–H groups in total. The van der Waals surface area contributed by atoms with Crippen LogP contribution in [0.5, 0.6) is 5.75 Å². The van der Waals surface area contributed by atoms with E-state index in [-0.39, 0.29) is 0 Å². The summed E-state index contributed by atoms with van der Waals surface area (Å²) >= 11 is 0. The molecule has 1 saturated carbocycles. The van der Waals surface area contributed by atoms with Gasteiger partial charge >= 0.3 is 0 Å². The number of methoxy groups -OCH3 is 1. The summed E-state index contributed by atoms with van der Waals surface area (Å²) in [5.41, 5.74) is 5.86. The van der Waals surface area contributed by atoms with Gasteiger partial charge in [0.2, 0.25) is 0 Å². The van der Waals surface area contributed by atoms with Crippen LogP contribution in [0, 0.1) is 5.92 Å². The van der Waals surface area contributed by atoms with E-state index in [1.165, 1.54) is 6.42 Å². The first-order valence-electron chi connectivity index (χ1n) is 5.38. The van der Waals surface area contributed by atoms with E-state index in [4.69, 9.17) is 10.5 Å². The predicted octanol–water partition coefficient (Wildman–Crippen LogP) is 1.16. The summed E-state index contributed by atoms with van der Waals surface area (Å²) in [5.74, 6) is 2.27. The number of nitrogens with zero attached hydrogens (tertiary/aromatic N) is 2. The lowest BCUT2D eigenvalue weighted by Crippen LogP contribution is -2.15. The van der Waals surface area contributed by atoms with Crippen molar-refractivity contribution in [2.24, 2.45) is 11.7 Å². The second-order valence-electron chi connectivity index (χ2n) is 4.18. The van der Waals surface area contributed by atoms with Gasteiger partial charge in [0.05, 0.1) is 19.5 Å². The van der Waals surface area contributed by atoms with Crippen molar-refractivity contribution >= 4 is 0 Å². The van der Waals surface area contributed by atoms with E-state index in [1.54, 1.807) is 19.5 Å². The van der Waals surface area contributed by atoms with Crippen molar-refractivity contribution in [1.29, 1.82) is 0 Å². The smallest absolute Gasteiger partial charge is 0.155 e. The third-order valence-electron chi connectivity index (χ3n) is 2.97. The summed E-state index contributed by atoms with van der Waals surface area (Å²) < 4.78 is 5.01. The number of hydrogen-bond acceptors (Lipinski definition) is 4. The van der Waals surface area contributed by atoms with Crippen molar-refractivity contribution in [2.75, 3.05) is 7.11 Å². The molecule has 0 saturated heterocycles. The van der Waals surface area contributed by atoms with Gasteiger partial charge < -0.3 is 10.5 Å². The molecule has 1 aromatic rings. The zero-order valence-corrected chi connectivity index (χ0v) is 9.02. The highest BCUT2D eigenvalue weighted by molar-refractivity contribution is 5.12. The van der Waals surface area contributed by atoms with Crippen LogP contribution in [-0.2, 0) is 6.42 Å². The zero-order valence-electron chi connectivity index (χ0n) is 9.02. The average molecular weight is 207 g/mol. The quantitative estimate of drug-likeness (QED) is 0.807. The molecule has 4 nitrogen and oxygen atoms in total. The second kappa shape index (κ2) is 4.57. The van der Waals surface area contributed by atoms with Crippen LogP contribution in [0.1, 0.15) is 25.1 Å². The van der Waals surface area contributed by atoms with Crippen LogP contribution >= 0.6 is 0 Å². The Labute approximate surface area is 89.9 Å². The molecular formula is C11H17N3O. The summed E-state index contributed by atoms with van der Waals surface area (Å²) in [7, 11) is 1.62. The topological polar surface area (TPSA) is 61.0 Å². The van der Waals surface area contributed by atoms with E-state index in [2.05, 4.69) is 9.97 Å². The number of rotatable bonds is 3. The zero-order chi connectivity index (χ0) is 10.7. The monoisotopic (exact) mass is 207 g/mol. The van der Waals surface area contributed by atoms with Gasteiger partial charge in [0.25, 0.3) is 0 Å². The Morgan fingerprint density at radius 1 is 1.40 bits per heavy atom. The highest BCUT2D eigenvalue weighted by atomic mass is 16.5. The third kappa shape index (κ3) is 2.65. The molecule has 2 atom stereocenters. The average Bonchev–Trinajstić information content (AvgIpc) is 2.65.